The van der Waals surface area contributed by atoms with Crippen molar-refractivity contribution in [3.8, 4) is 11.1 Å². The van der Waals surface area contributed by atoms with E-state index in [4.69, 9.17) is 0 Å². The quantitative estimate of drug-likeness (QED) is 0.530. The van der Waals surface area contributed by atoms with Crippen LogP contribution in [0.4, 0.5) is 0 Å². The van der Waals surface area contributed by atoms with Crippen molar-refractivity contribution in [2.45, 2.75) is 79.1 Å². The number of hydrogen-bond donors (Lipinski definition) is 0. The lowest BCUT2D eigenvalue weighted by Crippen LogP contribution is -2.01. The van der Waals surface area contributed by atoms with Crippen molar-refractivity contribution in [3.05, 3.63) is 58.7 Å². The molecule has 0 fully saturated rings. The molecule has 0 atom stereocenters. The molecule has 0 spiro atoms. The summed E-state index contributed by atoms with van der Waals surface area (Å²) in [6.45, 7) is 18.2. The SMILES string of the molecule is CC(C)c1c[c]c(C(C)C)c(-c2ccc(C(C)C)cc2C(C)C)c1. The Labute approximate surface area is 149 Å². The van der Waals surface area contributed by atoms with Gasteiger partial charge in [0, 0.05) is 0 Å². The van der Waals surface area contributed by atoms with Crippen LogP contribution in [0.5, 0.6) is 0 Å². The molecule has 0 heterocycles. The summed E-state index contributed by atoms with van der Waals surface area (Å²) in [6.07, 6.45) is 0. The minimum Gasteiger partial charge on any atom is -0.0587 e. The van der Waals surface area contributed by atoms with Crippen LogP contribution in [-0.2, 0) is 0 Å². The molecule has 0 bridgehead atoms. The van der Waals surface area contributed by atoms with Crippen LogP contribution in [-0.4, -0.2) is 0 Å². The highest BCUT2D eigenvalue weighted by molar-refractivity contribution is 5.73. The van der Waals surface area contributed by atoms with Crippen LogP contribution in [0.2, 0.25) is 0 Å². The molecule has 1 radical (unpaired) electrons. The van der Waals surface area contributed by atoms with Gasteiger partial charge in [0.05, 0.1) is 0 Å². The lowest BCUT2D eigenvalue weighted by atomic mass is 9.83. The highest BCUT2D eigenvalue weighted by Crippen LogP contribution is 2.37. The fourth-order valence-electron chi connectivity index (χ4n) is 3.22. The average Bonchev–Trinajstić information content (AvgIpc) is 2.53. The zero-order valence-electron chi connectivity index (χ0n) is 16.7. The molecule has 0 saturated carbocycles. The average molecular weight is 322 g/mol. The largest absolute Gasteiger partial charge is 0.0587 e. The highest BCUT2D eigenvalue weighted by Gasteiger charge is 2.17. The molecule has 0 nitrogen and oxygen atoms in total. The highest BCUT2D eigenvalue weighted by atomic mass is 14.2. The Hall–Kier alpha value is -1.56. The second kappa shape index (κ2) is 7.55. The van der Waals surface area contributed by atoms with E-state index in [0.717, 1.165) is 0 Å². The van der Waals surface area contributed by atoms with Gasteiger partial charge >= 0.3 is 0 Å². The van der Waals surface area contributed by atoms with Crippen LogP contribution in [0.25, 0.3) is 11.1 Å². The monoisotopic (exact) mass is 321 g/mol. The summed E-state index contributed by atoms with van der Waals surface area (Å²) in [5.74, 6) is 2.08. The summed E-state index contributed by atoms with van der Waals surface area (Å²) >= 11 is 0. The molecule has 0 aliphatic carbocycles. The van der Waals surface area contributed by atoms with E-state index in [9.17, 15) is 0 Å². The van der Waals surface area contributed by atoms with Gasteiger partial charge < -0.3 is 0 Å². The van der Waals surface area contributed by atoms with Crippen molar-refractivity contribution < 1.29 is 0 Å². The summed E-state index contributed by atoms with van der Waals surface area (Å²) in [6, 6.07) is 15.2. The van der Waals surface area contributed by atoms with E-state index >= 15 is 0 Å². The lowest BCUT2D eigenvalue weighted by molar-refractivity contribution is 0.829. The molecule has 0 unspecified atom stereocenters. The van der Waals surface area contributed by atoms with Gasteiger partial charge in [-0.15, -0.1) is 0 Å². The smallest absolute Gasteiger partial charge is 0.0137 e. The third-order valence-electron chi connectivity index (χ3n) is 4.89. The molecule has 2 aromatic rings. The van der Waals surface area contributed by atoms with Gasteiger partial charge in [0.2, 0.25) is 0 Å². The van der Waals surface area contributed by atoms with Gasteiger partial charge in [-0.25, -0.2) is 0 Å². The van der Waals surface area contributed by atoms with Gasteiger partial charge in [-0.3, -0.25) is 0 Å². The van der Waals surface area contributed by atoms with Gasteiger partial charge in [-0.1, -0.05) is 85.7 Å². The maximum atomic E-state index is 3.59. The Morgan fingerprint density at radius 3 is 1.75 bits per heavy atom. The molecule has 0 aromatic heterocycles. The Morgan fingerprint density at radius 1 is 0.625 bits per heavy atom. The van der Waals surface area contributed by atoms with Crippen LogP contribution in [0.1, 0.15) is 101 Å². The van der Waals surface area contributed by atoms with Gasteiger partial charge in [-0.2, -0.15) is 0 Å². The Kier molecular flexibility index (Phi) is 5.91. The molecule has 2 rings (SSSR count). The predicted molar refractivity (Wildman–Crippen MR) is 107 cm³/mol. The Morgan fingerprint density at radius 2 is 1.25 bits per heavy atom. The summed E-state index contributed by atoms with van der Waals surface area (Å²) < 4.78 is 0. The minimum atomic E-state index is 0.478. The maximum absolute atomic E-state index is 3.59. The molecule has 2 aromatic carbocycles. The standard InChI is InChI=1S/C24H33/c1-15(2)19-10-12-22(23(13-19)18(7)8)24-14-20(16(3)4)9-11-21(24)17(5)6/h9-10,12-18H,1-8H3. The van der Waals surface area contributed by atoms with E-state index in [1.54, 1.807) is 0 Å². The number of hydrogen-bond acceptors (Lipinski definition) is 0. The Balaban J connectivity index is 2.72. The second-order valence-corrected chi connectivity index (χ2v) is 8.23. The van der Waals surface area contributed by atoms with Crippen molar-refractivity contribution in [2.75, 3.05) is 0 Å². The molecule has 0 heteroatoms. The van der Waals surface area contributed by atoms with Gasteiger partial charge in [0.15, 0.2) is 0 Å². The van der Waals surface area contributed by atoms with E-state index in [2.05, 4.69) is 91.8 Å². The molecule has 129 valence electrons. The zero-order valence-corrected chi connectivity index (χ0v) is 16.7. The fourth-order valence-corrected chi connectivity index (χ4v) is 3.22. The van der Waals surface area contributed by atoms with E-state index < -0.39 is 0 Å². The van der Waals surface area contributed by atoms with Crippen molar-refractivity contribution in [1.29, 1.82) is 0 Å². The van der Waals surface area contributed by atoms with Crippen LogP contribution in [0.15, 0.2) is 30.3 Å². The van der Waals surface area contributed by atoms with E-state index in [-0.39, 0.29) is 0 Å². The van der Waals surface area contributed by atoms with Gasteiger partial charge in [-0.05, 0) is 63.1 Å². The second-order valence-electron chi connectivity index (χ2n) is 8.23. The van der Waals surface area contributed by atoms with Crippen molar-refractivity contribution in [3.63, 3.8) is 0 Å². The third-order valence-corrected chi connectivity index (χ3v) is 4.89. The molecule has 0 amide bonds. The van der Waals surface area contributed by atoms with Crippen molar-refractivity contribution in [1.82, 2.24) is 0 Å². The summed E-state index contributed by atoms with van der Waals surface area (Å²) in [4.78, 5) is 0. The third kappa shape index (κ3) is 3.91. The molecule has 0 saturated heterocycles. The molecule has 0 aliphatic rings. The van der Waals surface area contributed by atoms with Crippen molar-refractivity contribution in [2.24, 2.45) is 0 Å². The van der Waals surface area contributed by atoms with Crippen LogP contribution >= 0.6 is 0 Å². The normalized spacial score (nSPS) is 12.0. The summed E-state index contributed by atoms with van der Waals surface area (Å²) in [5.41, 5.74) is 8.35. The Bertz CT molecular complexity index is 687. The van der Waals surface area contributed by atoms with Crippen LogP contribution < -0.4 is 0 Å². The maximum Gasteiger partial charge on any atom is -0.0137 e. The van der Waals surface area contributed by atoms with Crippen molar-refractivity contribution >= 4 is 0 Å². The molecule has 0 N–H and O–H groups in total. The predicted octanol–water partition coefficient (Wildman–Crippen LogP) is 7.65. The van der Waals surface area contributed by atoms with E-state index in [1.807, 2.05) is 0 Å². The lowest BCUT2D eigenvalue weighted by Gasteiger charge is -2.21. The first kappa shape index (κ1) is 18.8. The molecule has 0 aliphatic heterocycles. The van der Waals surface area contributed by atoms with E-state index in [0.29, 0.717) is 23.7 Å². The fraction of sp³-hybridized carbons (Fsp3) is 0.500. The minimum absolute atomic E-state index is 0.478. The first-order chi connectivity index (χ1) is 11.2. The zero-order chi connectivity index (χ0) is 18.0. The topological polar surface area (TPSA) is 0 Å². The number of benzene rings is 2. The molecular formula is C24H33. The van der Waals surface area contributed by atoms with Gasteiger partial charge in [0.25, 0.3) is 0 Å². The summed E-state index contributed by atoms with van der Waals surface area (Å²) in [7, 11) is 0. The van der Waals surface area contributed by atoms with Gasteiger partial charge in [0.1, 0.15) is 0 Å². The van der Waals surface area contributed by atoms with Crippen LogP contribution in [0.3, 0.4) is 0 Å². The number of rotatable bonds is 5. The molecular weight excluding hydrogens is 288 g/mol. The first-order valence-corrected chi connectivity index (χ1v) is 9.42. The van der Waals surface area contributed by atoms with Crippen LogP contribution in [0, 0.1) is 6.07 Å². The molecule has 24 heavy (non-hydrogen) atoms. The van der Waals surface area contributed by atoms with E-state index in [1.165, 1.54) is 33.4 Å². The summed E-state index contributed by atoms with van der Waals surface area (Å²) in [5, 5.41) is 0. The first-order valence-electron chi connectivity index (χ1n) is 9.42.